The molecule has 3 N–H and O–H groups in total. The zero-order chi connectivity index (χ0) is 9.61. The monoisotopic (exact) mass is 200 g/mol. The van der Waals surface area contributed by atoms with Crippen molar-refractivity contribution < 1.29 is 27.9 Å². The molecule has 74 valence electrons. The van der Waals surface area contributed by atoms with Gasteiger partial charge in [0.1, 0.15) is 0 Å². The van der Waals surface area contributed by atoms with Crippen molar-refractivity contribution in [2.45, 2.75) is 0 Å². The fourth-order valence-corrected chi connectivity index (χ4v) is 0.856. The predicted molar refractivity (Wildman–Crippen MR) is 40.0 cm³/mol. The molecule has 0 saturated heterocycles. The van der Waals surface area contributed by atoms with Gasteiger partial charge in [0.2, 0.25) is 0 Å². The summed E-state index contributed by atoms with van der Waals surface area (Å²) >= 11 is 0. The van der Waals surface area contributed by atoms with Crippen LogP contribution in [0.25, 0.3) is 0 Å². The highest BCUT2D eigenvalue weighted by atomic mass is 32.2. The lowest BCUT2D eigenvalue weighted by molar-refractivity contribution is -0.0232. The van der Waals surface area contributed by atoms with E-state index in [0.717, 1.165) is 0 Å². The molecule has 0 heterocycles. The fourth-order valence-electron chi connectivity index (χ4n) is 0.477. The first-order chi connectivity index (χ1) is 5.60. The zero-order valence-electron chi connectivity index (χ0n) is 6.34. The second kappa shape index (κ2) is 5.44. The minimum atomic E-state index is -3.02. The smallest absolute Gasteiger partial charge is 0.257 e. The van der Waals surface area contributed by atoms with Gasteiger partial charge in [-0.25, -0.2) is 8.42 Å². The Labute approximate surface area is 71.6 Å². The van der Waals surface area contributed by atoms with Crippen molar-refractivity contribution >= 4 is 11.0 Å². The van der Waals surface area contributed by atoms with Crippen molar-refractivity contribution in [3.63, 3.8) is 0 Å². The van der Waals surface area contributed by atoms with E-state index in [1.165, 1.54) is 0 Å². The molecule has 12 heavy (non-hydrogen) atoms. The Balaban J connectivity index is 4.10. The van der Waals surface area contributed by atoms with Gasteiger partial charge < -0.3 is 15.3 Å². The first kappa shape index (κ1) is 11.8. The lowest BCUT2D eigenvalue weighted by atomic mass is 9.93. The van der Waals surface area contributed by atoms with Crippen LogP contribution in [0.5, 0.6) is 0 Å². The second-order valence-corrected chi connectivity index (χ2v) is 3.18. The Morgan fingerprint density at radius 2 is 1.50 bits per heavy atom. The molecule has 0 unspecified atom stereocenters. The van der Waals surface area contributed by atoms with Gasteiger partial charge in [-0.2, -0.15) is 0 Å². The molecule has 0 rings (SSSR count). The molecule has 0 spiro atoms. The van der Waals surface area contributed by atoms with Gasteiger partial charge in [-0.1, -0.05) is 0 Å². The van der Waals surface area contributed by atoms with Crippen LogP contribution >= 0.6 is 0 Å². The quantitative estimate of drug-likeness (QED) is 0.353. The number of aliphatic hydroxyl groups is 3. The summed E-state index contributed by atoms with van der Waals surface area (Å²) in [6, 6.07) is 0. The van der Waals surface area contributed by atoms with Crippen LogP contribution in [0.4, 0.5) is 0 Å². The molecule has 0 aromatic heterocycles. The van der Waals surface area contributed by atoms with Gasteiger partial charge >= 0.3 is 0 Å². The van der Waals surface area contributed by atoms with Gasteiger partial charge in [-0.05, 0) is 0 Å². The average Bonchev–Trinajstić information content (AvgIpc) is 2.08. The van der Waals surface area contributed by atoms with E-state index in [2.05, 4.69) is 4.18 Å². The van der Waals surface area contributed by atoms with Crippen molar-refractivity contribution in [1.82, 2.24) is 0 Å². The topological polar surface area (TPSA) is 104 Å². The molecule has 0 amide bonds. The van der Waals surface area contributed by atoms with E-state index < -0.39 is 42.8 Å². The molecule has 0 atom stereocenters. The molecule has 7 heteroatoms. The molecule has 0 saturated carbocycles. The second-order valence-electron chi connectivity index (χ2n) is 2.47. The molecule has 0 aliphatic heterocycles. The Morgan fingerprint density at radius 3 is 1.75 bits per heavy atom. The van der Waals surface area contributed by atoms with E-state index in [1.54, 1.807) is 0 Å². The Hall–Kier alpha value is -0.210. The molecule has 0 aromatic carbocycles. The van der Waals surface area contributed by atoms with Crippen LogP contribution in [0.15, 0.2) is 0 Å². The third-order valence-corrected chi connectivity index (χ3v) is 1.82. The summed E-state index contributed by atoms with van der Waals surface area (Å²) in [5.74, 6) is 0. The molecule has 0 fully saturated rings. The molecular formula is C5H12O6S. The van der Waals surface area contributed by atoms with Crippen LogP contribution in [0.1, 0.15) is 0 Å². The van der Waals surface area contributed by atoms with Crippen molar-refractivity contribution in [2.75, 3.05) is 26.4 Å². The molecule has 0 aromatic rings. The highest BCUT2D eigenvalue weighted by molar-refractivity contribution is 7.67. The predicted octanol–water partition coefficient (Wildman–Crippen LogP) is -2.51. The van der Waals surface area contributed by atoms with Crippen molar-refractivity contribution in [1.29, 1.82) is 0 Å². The number of rotatable bonds is 6. The van der Waals surface area contributed by atoms with Crippen molar-refractivity contribution in [3.05, 3.63) is 0 Å². The first-order valence-corrected chi connectivity index (χ1v) is 4.29. The van der Waals surface area contributed by atoms with Crippen molar-refractivity contribution in [3.8, 4) is 0 Å². The fraction of sp³-hybridized carbons (Fsp3) is 1.00. The normalized spacial score (nSPS) is 12.3. The van der Waals surface area contributed by atoms with Crippen LogP contribution < -0.4 is 0 Å². The highest BCUT2D eigenvalue weighted by Gasteiger charge is 2.28. The minimum absolute atomic E-state index is 0.421. The molecule has 0 bridgehead atoms. The maximum absolute atomic E-state index is 9.96. The lowest BCUT2D eigenvalue weighted by Gasteiger charge is -2.24. The van der Waals surface area contributed by atoms with Crippen LogP contribution in [0.2, 0.25) is 0 Å². The summed E-state index contributed by atoms with van der Waals surface area (Å²) in [6.07, 6.45) is 0. The summed E-state index contributed by atoms with van der Waals surface area (Å²) in [5.41, 5.74) is -1.28. The van der Waals surface area contributed by atoms with Gasteiger partial charge in [-0.15, -0.1) is 0 Å². The summed E-state index contributed by atoms with van der Waals surface area (Å²) < 4.78 is 24.1. The van der Waals surface area contributed by atoms with E-state index in [4.69, 9.17) is 15.3 Å². The molecule has 6 nitrogen and oxygen atoms in total. The number of hydrogen-bond acceptors (Lipinski definition) is 6. The van der Waals surface area contributed by atoms with Gasteiger partial charge in [-0.3, -0.25) is 4.18 Å². The Bertz CT molecular complexity index is 168. The number of aliphatic hydroxyl groups excluding tert-OH is 3. The Kier molecular flexibility index (Phi) is 5.34. The SMILES string of the molecule is O=[SH](=O)OCC(CO)(CO)CO. The maximum atomic E-state index is 9.96. The summed E-state index contributed by atoms with van der Waals surface area (Å²) in [5, 5.41) is 26.1. The minimum Gasteiger partial charge on any atom is -0.396 e. The summed E-state index contributed by atoms with van der Waals surface area (Å²) in [6.45, 7) is -2.04. The van der Waals surface area contributed by atoms with Gasteiger partial charge in [0.15, 0.2) is 0 Å². The standard InChI is InChI=1S/C5H12O6S/c6-1-5(2-7,3-8)4-11-12(9)10/h6-8,12H,1-4H2. The van der Waals surface area contributed by atoms with Crippen LogP contribution in [-0.4, -0.2) is 50.2 Å². The van der Waals surface area contributed by atoms with Gasteiger partial charge in [0.05, 0.1) is 31.8 Å². The third kappa shape index (κ3) is 3.46. The molecular weight excluding hydrogens is 188 g/mol. The van der Waals surface area contributed by atoms with E-state index >= 15 is 0 Å². The average molecular weight is 200 g/mol. The van der Waals surface area contributed by atoms with E-state index in [0.29, 0.717) is 0 Å². The molecule has 0 aliphatic rings. The van der Waals surface area contributed by atoms with Gasteiger partial charge in [0, 0.05) is 0 Å². The van der Waals surface area contributed by atoms with Crippen molar-refractivity contribution in [2.24, 2.45) is 5.41 Å². The Morgan fingerprint density at radius 1 is 1.08 bits per heavy atom. The van der Waals surface area contributed by atoms with E-state index in [-0.39, 0.29) is 0 Å². The van der Waals surface area contributed by atoms with Crippen LogP contribution in [-0.2, 0) is 15.2 Å². The highest BCUT2D eigenvalue weighted by Crippen LogP contribution is 2.14. The van der Waals surface area contributed by atoms with E-state index in [9.17, 15) is 8.42 Å². The zero-order valence-corrected chi connectivity index (χ0v) is 7.24. The van der Waals surface area contributed by atoms with Crippen LogP contribution in [0.3, 0.4) is 0 Å². The van der Waals surface area contributed by atoms with Gasteiger partial charge in [0.25, 0.3) is 11.0 Å². The first-order valence-electron chi connectivity index (χ1n) is 3.20. The molecule has 0 aliphatic carbocycles. The van der Waals surface area contributed by atoms with E-state index in [1.807, 2.05) is 0 Å². The molecule has 0 radical (unpaired) electrons. The third-order valence-electron chi connectivity index (χ3n) is 1.48. The largest absolute Gasteiger partial charge is 0.396 e. The lowest BCUT2D eigenvalue weighted by Crippen LogP contribution is -2.38. The number of hydrogen-bond donors (Lipinski definition) is 4. The summed E-state index contributed by atoms with van der Waals surface area (Å²) in [4.78, 5) is 0. The van der Waals surface area contributed by atoms with Crippen LogP contribution in [0, 0.1) is 5.41 Å². The maximum Gasteiger partial charge on any atom is 0.257 e. The number of thiol groups is 1. The summed E-state index contributed by atoms with van der Waals surface area (Å²) in [7, 11) is -3.02.